The van der Waals surface area contributed by atoms with E-state index in [1.165, 1.54) is 36.3 Å². The lowest BCUT2D eigenvalue weighted by Crippen LogP contribution is -2.38. The predicted molar refractivity (Wildman–Crippen MR) is 91.0 cm³/mol. The van der Waals surface area contributed by atoms with Crippen LogP contribution in [0, 0.1) is 0 Å². The Kier molecular flexibility index (Phi) is 5.63. The summed E-state index contributed by atoms with van der Waals surface area (Å²) in [5, 5.41) is 3.52. The van der Waals surface area contributed by atoms with E-state index in [1.807, 2.05) is 0 Å². The smallest absolute Gasteiger partial charge is 0.129 e. The molecule has 0 bridgehead atoms. The highest BCUT2D eigenvalue weighted by atomic mass is 15.2. The van der Waals surface area contributed by atoms with Crippen LogP contribution in [0.1, 0.15) is 71.1 Å². The second kappa shape index (κ2) is 7.26. The van der Waals surface area contributed by atoms with E-state index >= 15 is 0 Å². The summed E-state index contributed by atoms with van der Waals surface area (Å²) in [5.74, 6) is 1.65. The molecule has 0 aromatic carbocycles. The van der Waals surface area contributed by atoms with Crippen LogP contribution in [0.25, 0.3) is 0 Å². The first-order valence-electron chi connectivity index (χ1n) is 8.48. The van der Waals surface area contributed by atoms with Crippen LogP contribution < -0.4 is 10.2 Å². The van der Waals surface area contributed by atoms with E-state index in [0.717, 1.165) is 13.1 Å². The van der Waals surface area contributed by atoms with Gasteiger partial charge in [-0.2, -0.15) is 0 Å². The maximum atomic E-state index is 4.93. The predicted octanol–water partition coefficient (Wildman–Crippen LogP) is 4.08. The summed E-state index contributed by atoms with van der Waals surface area (Å²) in [6.07, 6.45) is 3.92. The maximum Gasteiger partial charge on any atom is 0.129 e. The highest BCUT2D eigenvalue weighted by molar-refractivity contribution is 5.44. The van der Waals surface area contributed by atoms with E-state index in [-0.39, 0.29) is 0 Å². The van der Waals surface area contributed by atoms with Gasteiger partial charge in [-0.25, -0.2) is 4.98 Å². The van der Waals surface area contributed by atoms with Gasteiger partial charge in [0.15, 0.2) is 0 Å². The molecule has 2 heterocycles. The first-order valence-corrected chi connectivity index (χ1v) is 8.48. The Morgan fingerprint density at radius 2 is 2.00 bits per heavy atom. The number of hydrogen-bond donors (Lipinski definition) is 1. The quantitative estimate of drug-likeness (QED) is 0.885. The SMILES string of the molecule is CC(C)NCc1cc(C(C)C)nc(N2CCCCC2C)c1. The number of anilines is 1. The number of piperidine rings is 1. The summed E-state index contributed by atoms with van der Waals surface area (Å²) in [6, 6.07) is 5.67. The standard InChI is InChI=1S/C18H31N3/c1-13(2)17-10-16(12-19-14(3)4)11-18(20-17)21-9-7-6-8-15(21)5/h10-11,13-15,19H,6-9,12H2,1-5H3. The van der Waals surface area contributed by atoms with E-state index in [9.17, 15) is 0 Å². The summed E-state index contributed by atoms with van der Waals surface area (Å²) in [5.41, 5.74) is 2.57. The van der Waals surface area contributed by atoms with Gasteiger partial charge in [-0.1, -0.05) is 27.7 Å². The lowest BCUT2D eigenvalue weighted by atomic mass is 10.0. The van der Waals surface area contributed by atoms with Gasteiger partial charge in [0.25, 0.3) is 0 Å². The van der Waals surface area contributed by atoms with Crippen molar-refractivity contribution >= 4 is 5.82 Å². The summed E-state index contributed by atoms with van der Waals surface area (Å²) < 4.78 is 0. The molecule has 21 heavy (non-hydrogen) atoms. The third kappa shape index (κ3) is 4.44. The normalized spacial score (nSPS) is 19.6. The topological polar surface area (TPSA) is 28.2 Å². The van der Waals surface area contributed by atoms with E-state index in [2.05, 4.69) is 57.0 Å². The summed E-state index contributed by atoms with van der Waals surface area (Å²) in [6.45, 7) is 13.2. The number of nitrogens with zero attached hydrogens (tertiary/aromatic N) is 2. The molecule has 1 aliphatic heterocycles. The molecule has 118 valence electrons. The third-order valence-electron chi connectivity index (χ3n) is 4.29. The summed E-state index contributed by atoms with van der Waals surface area (Å²) in [7, 11) is 0. The van der Waals surface area contributed by atoms with Crippen molar-refractivity contribution in [3.63, 3.8) is 0 Å². The number of nitrogens with one attached hydrogen (secondary N) is 1. The molecule has 0 amide bonds. The van der Waals surface area contributed by atoms with Crippen molar-refractivity contribution in [2.75, 3.05) is 11.4 Å². The second-order valence-corrected chi connectivity index (χ2v) is 6.99. The van der Waals surface area contributed by atoms with Gasteiger partial charge in [0.2, 0.25) is 0 Å². The zero-order valence-corrected chi connectivity index (χ0v) is 14.3. The van der Waals surface area contributed by atoms with Crippen molar-refractivity contribution < 1.29 is 0 Å². The minimum absolute atomic E-state index is 0.475. The number of aromatic nitrogens is 1. The number of rotatable bonds is 5. The van der Waals surface area contributed by atoms with Crippen molar-refractivity contribution in [1.29, 1.82) is 0 Å². The summed E-state index contributed by atoms with van der Waals surface area (Å²) >= 11 is 0. The van der Waals surface area contributed by atoms with Crippen molar-refractivity contribution in [1.82, 2.24) is 10.3 Å². The zero-order valence-electron chi connectivity index (χ0n) is 14.3. The van der Waals surface area contributed by atoms with Crippen LogP contribution in [0.3, 0.4) is 0 Å². The van der Waals surface area contributed by atoms with Gasteiger partial charge in [0, 0.05) is 30.9 Å². The number of hydrogen-bond acceptors (Lipinski definition) is 3. The van der Waals surface area contributed by atoms with Crippen LogP contribution in [0.2, 0.25) is 0 Å². The Bertz CT molecular complexity index is 454. The van der Waals surface area contributed by atoms with Crippen LogP contribution >= 0.6 is 0 Å². The monoisotopic (exact) mass is 289 g/mol. The Morgan fingerprint density at radius 3 is 2.62 bits per heavy atom. The lowest BCUT2D eigenvalue weighted by molar-refractivity contribution is 0.480. The zero-order chi connectivity index (χ0) is 15.4. The molecule has 0 spiro atoms. The Balaban J connectivity index is 2.26. The Labute approximate surface area is 130 Å². The average Bonchev–Trinajstić information content (AvgIpc) is 2.45. The molecule has 1 fully saturated rings. The van der Waals surface area contributed by atoms with Crippen LogP contribution in [0.5, 0.6) is 0 Å². The largest absolute Gasteiger partial charge is 0.354 e. The van der Waals surface area contributed by atoms with E-state index < -0.39 is 0 Å². The Hall–Kier alpha value is -1.09. The Morgan fingerprint density at radius 1 is 1.24 bits per heavy atom. The van der Waals surface area contributed by atoms with Gasteiger partial charge in [0.05, 0.1) is 0 Å². The first-order chi connectivity index (χ1) is 9.97. The number of pyridine rings is 1. The van der Waals surface area contributed by atoms with Crippen molar-refractivity contribution in [3.05, 3.63) is 23.4 Å². The first kappa shape index (κ1) is 16.3. The molecule has 0 aliphatic carbocycles. The van der Waals surface area contributed by atoms with Gasteiger partial charge in [-0.15, -0.1) is 0 Å². The molecule has 0 saturated carbocycles. The fourth-order valence-electron chi connectivity index (χ4n) is 2.90. The van der Waals surface area contributed by atoms with Gasteiger partial charge in [0.1, 0.15) is 5.82 Å². The molecule has 1 N–H and O–H groups in total. The van der Waals surface area contributed by atoms with Crippen LogP contribution in [0.15, 0.2) is 12.1 Å². The van der Waals surface area contributed by atoms with Crippen molar-refractivity contribution in [3.8, 4) is 0 Å². The molecular formula is C18H31N3. The van der Waals surface area contributed by atoms with Crippen molar-refractivity contribution in [2.45, 2.75) is 78.4 Å². The van der Waals surface area contributed by atoms with Gasteiger partial charge in [-0.3, -0.25) is 0 Å². The van der Waals surface area contributed by atoms with Crippen molar-refractivity contribution in [2.24, 2.45) is 0 Å². The molecule has 1 aromatic heterocycles. The molecule has 1 saturated heterocycles. The molecule has 1 aliphatic rings. The van der Waals surface area contributed by atoms with E-state index in [4.69, 9.17) is 4.98 Å². The molecular weight excluding hydrogens is 258 g/mol. The molecule has 3 nitrogen and oxygen atoms in total. The molecule has 1 unspecified atom stereocenters. The molecule has 3 heteroatoms. The second-order valence-electron chi connectivity index (χ2n) is 6.99. The minimum atomic E-state index is 0.475. The fraction of sp³-hybridized carbons (Fsp3) is 0.722. The molecule has 2 rings (SSSR count). The molecule has 0 radical (unpaired) electrons. The van der Waals surface area contributed by atoms with Crippen LogP contribution in [-0.4, -0.2) is 23.6 Å². The van der Waals surface area contributed by atoms with Gasteiger partial charge < -0.3 is 10.2 Å². The van der Waals surface area contributed by atoms with E-state index in [0.29, 0.717) is 18.0 Å². The molecule has 1 aromatic rings. The summed E-state index contributed by atoms with van der Waals surface area (Å²) in [4.78, 5) is 7.43. The minimum Gasteiger partial charge on any atom is -0.354 e. The van der Waals surface area contributed by atoms with Crippen LogP contribution in [-0.2, 0) is 6.54 Å². The van der Waals surface area contributed by atoms with Gasteiger partial charge >= 0.3 is 0 Å². The van der Waals surface area contributed by atoms with Gasteiger partial charge in [-0.05, 0) is 49.8 Å². The third-order valence-corrected chi connectivity index (χ3v) is 4.29. The highest BCUT2D eigenvalue weighted by Crippen LogP contribution is 2.26. The fourth-order valence-corrected chi connectivity index (χ4v) is 2.90. The van der Waals surface area contributed by atoms with Crippen LogP contribution in [0.4, 0.5) is 5.82 Å². The lowest BCUT2D eigenvalue weighted by Gasteiger charge is -2.35. The maximum absolute atomic E-state index is 4.93. The average molecular weight is 289 g/mol. The molecule has 1 atom stereocenters. The highest BCUT2D eigenvalue weighted by Gasteiger charge is 2.20. The van der Waals surface area contributed by atoms with E-state index in [1.54, 1.807) is 0 Å².